The Labute approximate surface area is 121 Å². The van der Waals surface area contributed by atoms with E-state index in [0.29, 0.717) is 0 Å². The van der Waals surface area contributed by atoms with Crippen molar-refractivity contribution in [3.8, 4) is 0 Å². The Morgan fingerprint density at radius 1 is 1.38 bits per heavy atom. The number of aromatic nitrogens is 1. The fraction of sp³-hybridized carbons (Fsp3) is 0.357. The number of nitrogens with zero attached hydrogens (tertiary/aromatic N) is 2. The van der Waals surface area contributed by atoms with Crippen molar-refractivity contribution in [1.82, 2.24) is 9.88 Å². The van der Waals surface area contributed by atoms with Crippen molar-refractivity contribution >= 4 is 11.9 Å². The second kappa shape index (κ2) is 6.25. The zero-order chi connectivity index (χ0) is 15.4. The van der Waals surface area contributed by atoms with Crippen LogP contribution in [0, 0.1) is 0 Å². The highest BCUT2D eigenvalue weighted by atomic mass is 16.5. The lowest BCUT2D eigenvalue weighted by atomic mass is 10.2. The number of esters is 1. The van der Waals surface area contributed by atoms with E-state index in [1.807, 2.05) is 13.8 Å². The average Bonchev–Trinajstić information content (AvgIpc) is 3.14. The SMILES string of the molecule is COC(=O)c1coc(CN(C(=O)c2ccco2)C(C)C)n1. The first-order valence-electron chi connectivity index (χ1n) is 6.40. The number of carbonyl (C=O) groups excluding carboxylic acids is 2. The molecule has 0 atom stereocenters. The lowest BCUT2D eigenvalue weighted by Crippen LogP contribution is -2.36. The Morgan fingerprint density at radius 3 is 2.71 bits per heavy atom. The van der Waals surface area contributed by atoms with E-state index in [1.54, 1.807) is 12.1 Å². The molecule has 2 aromatic rings. The van der Waals surface area contributed by atoms with Gasteiger partial charge in [-0.05, 0) is 26.0 Å². The number of carbonyl (C=O) groups is 2. The molecule has 0 saturated carbocycles. The first kappa shape index (κ1) is 14.8. The van der Waals surface area contributed by atoms with Gasteiger partial charge in [0, 0.05) is 6.04 Å². The van der Waals surface area contributed by atoms with Crippen LogP contribution in [-0.4, -0.2) is 34.9 Å². The van der Waals surface area contributed by atoms with Crippen LogP contribution >= 0.6 is 0 Å². The highest BCUT2D eigenvalue weighted by Gasteiger charge is 2.23. The summed E-state index contributed by atoms with van der Waals surface area (Å²) >= 11 is 0. The molecule has 1 amide bonds. The van der Waals surface area contributed by atoms with Crippen LogP contribution in [0.15, 0.2) is 33.5 Å². The van der Waals surface area contributed by atoms with Crippen molar-refractivity contribution < 1.29 is 23.2 Å². The van der Waals surface area contributed by atoms with Gasteiger partial charge in [-0.3, -0.25) is 4.79 Å². The summed E-state index contributed by atoms with van der Waals surface area (Å²) in [7, 11) is 1.26. The molecule has 0 aliphatic heterocycles. The molecule has 0 bridgehead atoms. The van der Waals surface area contributed by atoms with Crippen LogP contribution < -0.4 is 0 Å². The topological polar surface area (TPSA) is 85.8 Å². The highest BCUT2D eigenvalue weighted by Crippen LogP contribution is 2.14. The predicted molar refractivity (Wildman–Crippen MR) is 71.6 cm³/mol. The number of ether oxygens (including phenoxy) is 1. The minimum Gasteiger partial charge on any atom is -0.464 e. The van der Waals surface area contributed by atoms with E-state index in [4.69, 9.17) is 8.83 Å². The molecule has 0 aliphatic rings. The van der Waals surface area contributed by atoms with Gasteiger partial charge in [0.1, 0.15) is 6.26 Å². The predicted octanol–water partition coefficient (Wildman–Crippen LogP) is 2.10. The van der Waals surface area contributed by atoms with Gasteiger partial charge < -0.3 is 18.5 Å². The van der Waals surface area contributed by atoms with Crippen LogP contribution in [0.5, 0.6) is 0 Å². The molecule has 0 aromatic carbocycles. The number of rotatable bonds is 5. The molecule has 2 aromatic heterocycles. The van der Waals surface area contributed by atoms with Crippen molar-refractivity contribution in [2.24, 2.45) is 0 Å². The molecule has 0 spiro atoms. The third kappa shape index (κ3) is 3.31. The monoisotopic (exact) mass is 292 g/mol. The summed E-state index contributed by atoms with van der Waals surface area (Å²) in [5, 5.41) is 0. The summed E-state index contributed by atoms with van der Waals surface area (Å²) in [5.41, 5.74) is 0.0710. The molecule has 0 N–H and O–H groups in total. The molecule has 0 fully saturated rings. The van der Waals surface area contributed by atoms with Crippen molar-refractivity contribution in [3.63, 3.8) is 0 Å². The molecular formula is C14H16N2O5. The maximum absolute atomic E-state index is 12.3. The van der Waals surface area contributed by atoms with Crippen molar-refractivity contribution in [1.29, 1.82) is 0 Å². The molecule has 2 heterocycles. The Kier molecular flexibility index (Phi) is 4.42. The summed E-state index contributed by atoms with van der Waals surface area (Å²) < 4.78 is 14.9. The van der Waals surface area contributed by atoms with E-state index in [0.717, 1.165) is 0 Å². The summed E-state index contributed by atoms with van der Waals surface area (Å²) in [5.74, 6) is -0.362. The third-order valence-electron chi connectivity index (χ3n) is 2.87. The first-order chi connectivity index (χ1) is 10.0. The van der Waals surface area contributed by atoms with E-state index in [1.165, 1.54) is 24.5 Å². The number of furan rings is 1. The van der Waals surface area contributed by atoms with E-state index in [-0.39, 0.29) is 35.8 Å². The second-order valence-corrected chi connectivity index (χ2v) is 4.62. The maximum Gasteiger partial charge on any atom is 0.360 e. The molecule has 112 valence electrons. The highest BCUT2D eigenvalue weighted by molar-refractivity contribution is 5.91. The fourth-order valence-corrected chi connectivity index (χ4v) is 1.76. The quantitative estimate of drug-likeness (QED) is 0.784. The van der Waals surface area contributed by atoms with Crippen molar-refractivity contribution in [3.05, 3.63) is 42.0 Å². The Bertz CT molecular complexity index is 615. The largest absolute Gasteiger partial charge is 0.464 e. The minimum atomic E-state index is -0.585. The molecule has 0 radical (unpaired) electrons. The van der Waals surface area contributed by atoms with Gasteiger partial charge in [-0.2, -0.15) is 0 Å². The van der Waals surface area contributed by atoms with Crippen LogP contribution in [0.1, 0.15) is 40.8 Å². The normalized spacial score (nSPS) is 10.7. The molecule has 7 heteroatoms. The van der Waals surface area contributed by atoms with Gasteiger partial charge in [-0.25, -0.2) is 9.78 Å². The summed E-state index contributed by atoms with van der Waals surface area (Å²) in [4.78, 5) is 29.2. The molecule has 0 aliphatic carbocycles. The maximum atomic E-state index is 12.3. The van der Waals surface area contributed by atoms with Gasteiger partial charge in [0.15, 0.2) is 11.5 Å². The molecular weight excluding hydrogens is 276 g/mol. The van der Waals surface area contributed by atoms with Crippen molar-refractivity contribution in [2.75, 3.05) is 7.11 Å². The summed E-state index contributed by atoms with van der Waals surface area (Å²) in [6.07, 6.45) is 2.64. The van der Waals surface area contributed by atoms with Crippen LogP contribution in [0.4, 0.5) is 0 Å². The second-order valence-electron chi connectivity index (χ2n) is 4.62. The Hall–Kier alpha value is -2.57. The Balaban J connectivity index is 2.15. The number of oxazole rings is 1. The number of methoxy groups -OCH3 is 1. The van der Waals surface area contributed by atoms with Gasteiger partial charge in [-0.15, -0.1) is 0 Å². The van der Waals surface area contributed by atoms with E-state index in [9.17, 15) is 9.59 Å². The van der Waals surface area contributed by atoms with E-state index in [2.05, 4.69) is 9.72 Å². The Morgan fingerprint density at radius 2 is 2.14 bits per heavy atom. The van der Waals surface area contributed by atoms with Gasteiger partial charge in [0.25, 0.3) is 5.91 Å². The molecule has 21 heavy (non-hydrogen) atoms. The van der Waals surface area contributed by atoms with E-state index >= 15 is 0 Å². The molecule has 0 unspecified atom stereocenters. The molecule has 7 nitrogen and oxygen atoms in total. The average molecular weight is 292 g/mol. The number of amides is 1. The van der Waals surface area contributed by atoms with Gasteiger partial charge in [-0.1, -0.05) is 0 Å². The van der Waals surface area contributed by atoms with Crippen LogP contribution in [-0.2, 0) is 11.3 Å². The molecule has 2 rings (SSSR count). The van der Waals surface area contributed by atoms with Crippen LogP contribution in [0.2, 0.25) is 0 Å². The van der Waals surface area contributed by atoms with E-state index < -0.39 is 5.97 Å². The van der Waals surface area contributed by atoms with Gasteiger partial charge in [0.2, 0.25) is 5.89 Å². The zero-order valence-electron chi connectivity index (χ0n) is 12.0. The smallest absolute Gasteiger partial charge is 0.360 e. The minimum absolute atomic E-state index is 0.0710. The molecule has 0 saturated heterocycles. The number of hydrogen-bond acceptors (Lipinski definition) is 6. The first-order valence-corrected chi connectivity index (χ1v) is 6.40. The standard InChI is InChI=1S/C14H16N2O5/c1-9(2)16(13(17)11-5-4-6-20-11)7-12-15-10(8-21-12)14(18)19-3/h4-6,8-9H,7H2,1-3H3. The fourth-order valence-electron chi connectivity index (χ4n) is 1.76. The third-order valence-corrected chi connectivity index (χ3v) is 2.87. The van der Waals surface area contributed by atoms with Crippen molar-refractivity contribution in [2.45, 2.75) is 26.4 Å². The summed E-state index contributed by atoms with van der Waals surface area (Å²) in [6, 6.07) is 3.15. The van der Waals surface area contributed by atoms with Gasteiger partial charge >= 0.3 is 5.97 Å². The zero-order valence-corrected chi connectivity index (χ0v) is 12.0. The number of hydrogen-bond donors (Lipinski definition) is 0. The lowest BCUT2D eigenvalue weighted by molar-refractivity contribution is 0.0593. The van der Waals surface area contributed by atoms with Gasteiger partial charge in [0.05, 0.1) is 19.9 Å². The lowest BCUT2D eigenvalue weighted by Gasteiger charge is -2.24. The van der Waals surface area contributed by atoms with Crippen LogP contribution in [0.25, 0.3) is 0 Å². The van der Waals surface area contributed by atoms with Crippen LogP contribution in [0.3, 0.4) is 0 Å². The summed E-state index contributed by atoms with van der Waals surface area (Å²) in [6.45, 7) is 3.87.